The van der Waals surface area contributed by atoms with E-state index in [1.807, 2.05) is 13.8 Å². The highest BCUT2D eigenvalue weighted by Gasteiger charge is 2.13. The monoisotopic (exact) mass is 321 g/mol. The van der Waals surface area contributed by atoms with Gasteiger partial charge in [-0.15, -0.1) is 0 Å². The average molecular weight is 321 g/mol. The van der Waals surface area contributed by atoms with Crippen LogP contribution in [0.25, 0.3) is 0 Å². The Morgan fingerprint density at radius 3 is 1.70 bits per heavy atom. The lowest BCUT2D eigenvalue weighted by atomic mass is 10.4. The number of ether oxygens (including phenoxy) is 2. The summed E-state index contributed by atoms with van der Waals surface area (Å²) in [5.41, 5.74) is 2.17. The molecule has 0 saturated heterocycles. The number of hydrogen-bond acceptors (Lipinski definition) is 7. The minimum Gasteiger partial charge on any atom is -0.464 e. The molecule has 0 atom stereocenters. The molecule has 2 aromatic heterocycles. The van der Waals surface area contributed by atoms with Crippen LogP contribution in [-0.2, 0) is 22.8 Å². The number of carbonyl (C=O) groups excluding carboxylic acids is 2. The number of rotatable bonds is 6. The van der Waals surface area contributed by atoms with Crippen molar-refractivity contribution in [1.82, 2.24) is 24.9 Å². The number of aromatic nitrogens is 4. The summed E-state index contributed by atoms with van der Waals surface area (Å²) in [6, 6.07) is 3.31. The maximum atomic E-state index is 11.4. The number of esters is 2. The first-order valence-corrected chi connectivity index (χ1v) is 6.92. The van der Waals surface area contributed by atoms with Crippen molar-refractivity contribution < 1.29 is 19.1 Å². The highest BCUT2D eigenvalue weighted by atomic mass is 16.5. The lowest BCUT2D eigenvalue weighted by Gasteiger charge is -2.08. The highest BCUT2D eigenvalue weighted by molar-refractivity contribution is 5.87. The van der Waals surface area contributed by atoms with Crippen LogP contribution >= 0.6 is 0 Å². The van der Waals surface area contributed by atoms with E-state index in [1.54, 1.807) is 21.5 Å². The van der Waals surface area contributed by atoms with E-state index in [0.29, 0.717) is 13.3 Å². The molecule has 0 aromatic carbocycles. The van der Waals surface area contributed by atoms with Gasteiger partial charge in [0, 0.05) is 11.4 Å². The minimum absolute atomic E-state index is 0.259. The first-order valence-electron chi connectivity index (χ1n) is 6.92. The third-order valence-electron chi connectivity index (χ3n) is 3.27. The van der Waals surface area contributed by atoms with Gasteiger partial charge in [-0.25, -0.2) is 9.59 Å². The van der Waals surface area contributed by atoms with Crippen LogP contribution in [0.1, 0.15) is 32.4 Å². The van der Waals surface area contributed by atoms with Gasteiger partial charge in [0.05, 0.1) is 27.6 Å². The molecule has 9 heteroatoms. The fraction of sp³-hybridized carbons (Fsp3) is 0.429. The summed E-state index contributed by atoms with van der Waals surface area (Å²) in [5.74, 6) is -0.949. The molecule has 0 aliphatic heterocycles. The molecule has 124 valence electrons. The number of carbonyl (C=O) groups is 2. The first-order chi connectivity index (χ1) is 11.0. The quantitative estimate of drug-likeness (QED) is 0.772. The summed E-state index contributed by atoms with van der Waals surface area (Å²) in [5, 5.41) is 11.5. The van der Waals surface area contributed by atoms with Crippen LogP contribution in [0.3, 0.4) is 0 Å². The van der Waals surface area contributed by atoms with E-state index < -0.39 is 11.9 Å². The van der Waals surface area contributed by atoms with Gasteiger partial charge in [0.2, 0.25) is 0 Å². The SMILES string of the molecule is COC(=O)c1cc(C)n(CNCn2nc(C(=O)OC)cc2C)n1. The molecule has 0 unspecified atom stereocenters. The fourth-order valence-electron chi connectivity index (χ4n) is 2.01. The number of nitrogens with zero attached hydrogens (tertiary/aromatic N) is 4. The lowest BCUT2D eigenvalue weighted by molar-refractivity contribution is 0.0584. The zero-order chi connectivity index (χ0) is 17.0. The van der Waals surface area contributed by atoms with Crippen molar-refractivity contribution in [3.63, 3.8) is 0 Å². The normalized spacial score (nSPS) is 10.6. The summed E-state index contributed by atoms with van der Waals surface area (Å²) in [7, 11) is 2.63. The van der Waals surface area contributed by atoms with Gasteiger partial charge in [0.1, 0.15) is 0 Å². The van der Waals surface area contributed by atoms with Gasteiger partial charge >= 0.3 is 11.9 Å². The van der Waals surface area contributed by atoms with Crippen molar-refractivity contribution >= 4 is 11.9 Å². The molecule has 0 aliphatic rings. The second-order valence-corrected chi connectivity index (χ2v) is 4.89. The van der Waals surface area contributed by atoms with Crippen LogP contribution in [0.4, 0.5) is 0 Å². The number of methoxy groups -OCH3 is 2. The minimum atomic E-state index is -0.475. The van der Waals surface area contributed by atoms with Gasteiger partial charge in [0.25, 0.3) is 0 Å². The summed E-state index contributed by atoms with van der Waals surface area (Å²) in [4.78, 5) is 22.9. The molecule has 2 aromatic rings. The van der Waals surface area contributed by atoms with Crippen molar-refractivity contribution in [2.75, 3.05) is 14.2 Å². The third-order valence-corrected chi connectivity index (χ3v) is 3.27. The zero-order valence-electron chi connectivity index (χ0n) is 13.5. The molecule has 9 nitrogen and oxygen atoms in total. The first kappa shape index (κ1) is 16.7. The molecule has 2 rings (SSSR count). The van der Waals surface area contributed by atoms with Crippen molar-refractivity contribution in [1.29, 1.82) is 0 Å². The van der Waals surface area contributed by atoms with Crippen LogP contribution in [-0.4, -0.2) is 45.7 Å². The number of aryl methyl sites for hydroxylation is 2. The molecule has 0 saturated carbocycles. The molecule has 23 heavy (non-hydrogen) atoms. The Kier molecular flexibility index (Phi) is 5.12. The standard InChI is InChI=1S/C14H19N5O4/c1-9-5-11(13(20)22-3)16-18(9)7-15-8-19-10(2)6-12(17-19)14(21)23-4/h5-6,15H,7-8H2,1-4H3. The molecule has 0 bridgehead atoms. The average Bonchev–Trinajstić information content (AvgIpc) is 3.09. The van der Waals surface area contributed by atoms with E-state index in [0.717, 1.165) is 11.4 Å². The predicted molar refractivity (Wildman–Crippen MR) is 79.7 cm³/mol. The van der Waals surface area contributed by atoms with Crippen molar-refractivity contribution in [2.45, 2.75) is 27.2 Å². The van der Waals surface area contributed by atoms with Crippen LogP contribution in [0.2, 0.25) is 0 Å². The second-order valence-electron chi connectivity index (χ2n) is 4.89. The molecule has 0 aliphatic carbocycles. The van der Waals surface area contributed by atoms with Crippen LogP contribution < -0.4 is 5.32 Å². The maximum Gasteiger partial charge on any atom is 0.358 e. The molecule has 0 radical (unpaired) electrons. The van der Waals surface area contributed by atoms with Gasteiger partial charge in [-0.05, 0) is 26.0 Å². The largest absolute Gasteiger partial charge is 0.464 e. The van der Waals surface area contributed by atoms with Gasteiger partial charge in [0.15, 0.2) is 11.4 Å². The van der Waals surface area contributed by atoms with Gasteiger partial charge in [-0.1, -0.05) is 0 Å². The molecule has 1 N–H and O–H groups in total. The summed E-state index contributed by atoms with van der Waals surface area (Å²) < 4.78 is 12.6. The Morgan fingerprint density at radius 1 is 0.957 bits per heavy atom. The Hall–Kier alpha value is -2.68. The Morgan fingerprint density at radius 2 is 1.35 bits per heavy atom. The molecular weight excluding hydrogens is 302 g/mol. The van der Waals surface area contributed by atoms with Crippen molar-refractivity contribution in [3.8, 4) is 0 Å². The Bertz CT molecular complexity index is 659. The lowest BCUT2D eigenvalue weighted by Crippen LogP contribution is -2.24. The summed E-state index contributed by atoms with van der Waals surface area (Å²) >= 11 is 0. The third kappa shape index (κ3) is 3.75. The summed E-state index contributed by atoms with van der Waals surface area (Å²) in [6.07, 6.45) is 0. The van der Waals surface area contributed by atoms with Crippen LogP contribution in [0.5, 0.6) is 0 Å². The van der Waals surface area contributed by atoms with E-state index in [9.17, 15) is 9.59 Å². The highest BCUT2D eigenvalue weighted by Crippen LogP contribution is 2.05. The van der Waals surface area contributed by atoms with Gasteiger partial charge in [-0.2, -0.15) is 10.2 Å². The molecule has 0 fully saturated rings. The van der Waals surface area contributed by atoms with E-state index >= 15 is 0 Å². The topological polar surface area (TPSA) is 100 Å². The van der Waals surface area contributed by atoms with E-state index in [-0.39, 0.29) is 11.4 Å². The van der Waals surface area contributed by atoms with E-state index in [1.165, 1.54) is 14.2 Å². The van der Waals surface area contributed by atoms with E-state index in [2.05, 4.69) is 25.0 Å². The van der Waals surface area contributed by atoms with E-state index in [4.69, 9.17) is 0 Å². The van der Waals surface area contributed by atoms with Crippen LogP contribution in [0.15, 0.2) is 12.1 Å². The second kappa shape index (κ2) is 7.05. The van der Waals surface area contributed by atoms with Crippen molar-refractivity contribution in [3.05, 3.63) is 34.9 Å². The maximum absolute atomic E-state index is 11.4. The fourth-order valence-corrected chi connectivity index (χ4v) is 2.01. The Balaban J connectivity index is 1.98. The molecule has 2 heterocycles. The molecule has 0 spiro atoms. The summed E-state index contributed by atoms with van der Waals surface area (Å²) in [6.45, 7) is 4.46. The van der Waals surface area contributed by atoms with Gasteiger partial charge < -0.3 is 9.47 Å². The molecular formula is C14H19N5O4. The predicted octanol–water partition coefficient (Wildman–Crippen LogP) is 0.474. The number of hydrogen-bond donors (Lipinski definition) is 1. The molecule has 0 amide bonds. The van der Waals surface area contributed by atoms with Crippen molar-refractivity contribution in [2.24, 2.45) is 0 Å². The van der Waals surface area contributed by atoms with Gasteiger partial charge in [-0.3, -0.25) is 14.7 Å². The van der Waals surface area contributed by atoms with Crippen LogP contribution in [0, 0.1) is 13.8 Å². The number of nitrogens with one attached hydrogen (secondary N) is 1. The zero-order valence-corrected chi connectivity index (χ0v) is 13.5. The Labute approximate surface area is 133 Å². The smallest absolute Gasteiger partial charge is 0.358 e.